The minimum absolute atomic E-state index is 0.137. The Hall–Kier alpha value is -0.710. The second kappa shape index (κ2) is 5.00. The maximum atomic E-state index is 12.5. The maximum absolute atomic E-state index is 12.5. The number of piperidine rings is 1. The van der Waals surface area contributed by atoms with Crippen molar-refractivity contribution in [3.8, 4) is 0 Å². The number of amides is 2. The van der Waals surface area contributed by atoms with Crippen LogP contribution in [0.15, 0.2) is 0 Å². The molecule has 1 unspecified atom stereocenters. The van der Waals surface area contributed by atoms with Gasteiger partial charge in [-0.05, 0) is 43.3 Å². The Labute approximate surface area is 119 Å². The molecule has 19 heavy (non-hydrogen) atoms. The molecule has 1 saturated carbocycles. The quantitative estimate of drug-likeness (QED) is 0.793. The molecule has 4 nitrogen and oxygen atoms in total. The standard InChI is InChI=1S/C14H22N2O2S/c17-12-8-15(9-14(10-19)5-3-6-14)13(18)11-4-1-2-7-16(11)12/h11,19H,1-10H2. The van der Waals surface area contributed by atoms with Crippen molar-refractivity contribution in [1.29, 1.82) is 0 Å². The second-order valence-electron chi connectivity index (χ2n) is 6.30. The van der Waals surface area contributed by atoms with Crippen LogP contribution in [0.4, 0.5) is 0 Å². The molecule has 1 aliphatic carbocycles. The van der Waals surface area contributed by atoms with Crippen LogP contribution >= 0.6 is 12.6 Å². The first-order valence-corrected chi connectivity index (χ1v) is 7.98. The molecule has 106 valence electrons. The van der Waals surface area contributed by atoms with Gasteiger partial charge in [-0.2, -0.15) is 12.6 Å². The Bertz CT molecular complexity index is 389. The first-order chi connectivity index (χ1) is 9.15. The van der Waals surface area contributed by atoms with Gasteiger partial charge in [0, 0.05) is 13.1 Å². The molecule has 3 rings (SSSR count). The van der Waals surface area contributed by atoms with Crippen LogP contribution in [0.5, 0.6) is 0 Å². The van der Waals surface area contributed by atoms with E-state index in [9.17, 15) is 9.59 Å². The molecule has 3 fully saturated rings. The number of hydrogen-bond donors (Lipinski definition) is 1. The summed E-state index contributed by atoms with van der Waals surface area (Å²) in [6, 6.07) is -0.174. The summed E-state index contributed by atoms with van der Waals surface area (Å²) in [5.41, 5.74) is 0.176. The van der Waals surface area contributed by atoms with Gasteiger partial charge in [-0.15, -0.1) is 0 Å². The Balaban J connectivity index is 1.72. The lowest BCUT2D eigenvalue weighted by Gasteiger charge is -2.48. The highest BCUT2D eigenvalue weighted by Crippen LogP contribution is 2.43. The fourth-order valence-electron chi connectivity index (χ4n) is 3.61. The third-order valence-electron chi connectivity index (χ3n) is 5.02. The number of carbonyl (C=O) groups is 2. The van der Waals surface area contributed by atoms with Crippen molar-refractivity contribution in [2.45, 2.75) is 44.6 Å². The van der Waals surface area contributed by atoms with Crippen molar-refractivity contribution in [3.63, 3.8) is 0 Å². The van der Waals surface area contributed by atoms with Crippen molar-refractivity contribution in [1.82, 2.24) is 9.80 Å². The van der Waals surface area contributed by atoms with Crippen molar-refractivity contribution in [2.24, 2.45) is 5.41 Å². The summed E-state index contributed by atoms with van der Waals surface area (Å²) in [4.78, 5) is 28.3. The summed E-state index contributed by atoms with van der Waals surface area (Å²) >= 11 is 4.44. The zero-order chi connectivity index (χ0) is 13.5. The second-order valence-corrected chi connectivity index (χ2v) is 6.62. The van der Waals surface area contributed by atoms with E-state index in [1.807, 2.05) is 4.90 Å². The molecule has 2 saturated heterocycles. The van der Waals surface area contributed by atoms with Gasteiger partial charge in [0.05, 0.1) is 6.54 Å². The molecule has 0 aromatic carbocycles. The normalized spacial score (nSPS) is 30.1. The van der Waals surface area contributed by atoms with E-state index < -0.39 is 0 Å². The number of carbonyl (C=O) groups excluding carboxylic acids is 2. The fourth-order valence-corrected chi connectivity index (χ4v) is 4.03. The predicted molar refractivity (Wildman–Crippen MR) is 76.1 cm³/mol. The summed E-state index contributed by atoms with van der Waals surface area (Å²) in [6.45, 7) is 1.77. The molecule has 0 bridgehead atoms. The lowest BCUT2D eigenvalue weighted by molar-refractivity contribution is -0.159. The van der Waals surface area contributed by atoms with Crippen molar-refractivity contribution < 1.29 is 9.59 Å². The molecule has 2 amide bonds. The predicted octanol–water partition coefficient (Wildman–Crippen LogP) is 1.31. The van der Waals surface area contributed by atoms with Crippen LogP contribution in [-0.4, -0.2) is 53.0 Å². The molecule has 0 spiro atoms. The highest BCUT2D eigenvalue weighted by atomic mass is 32.1. The van der Waals surface area contributed by atoms with Crippen molar-refractivity contribution in [3.05, 3.63) is 0 Å². The monoisotopic (exact) mass is 282 g/mol. The lowest BCUT2D eigenvalue weighted by atomic mass is 9.69. The van der Waals surface area contributed by atoms with Crippen LogP contribution < -0.4 is 0 Å². The van der Waals surface area contributed by atoms with Gasteiger partial charge in [-0.3, -0.25) is 9.59 Å². The molecule has 0 radical (unpaired) electrons. The summed E-state index contributed by atoms with van der Waals surface area (Å²) in [6.07, 6.45) is 6.45. The molecule has 2 heterocycles. The first-order valence-electron chi connectivity index (χ1n) is 7.34. The Morgan fingerprint density at radius 2 is 2.00 bits per heavy atom. The van der Waals surface area contributed by atoms with Crippen LogP contribution in [0.1, 0.15) is 38.5 Å². The molecule has 2 aliphatic heterocycles. The fraction of sp³-hybridized carbons (Fsp3) is 0.857. The average Bonchev–Trinajstić information content (AvgIpc) is 2.39. The van der Waals surface area contributed by atoms with E-state index in [1.165, 1.54) is 6.42 Å². The topological polar surface area (TPSA) is 40.6 Å². The van der Waals surface area contributed by atoms with Gasteiger partial charge in [-0.25, -0.2) is 0 Å². The van der Waals surface area contributed by atoms with Gasteiger partial charge in [-0.1, -0.05) is 6.42 Å². The maximum Gasteiger partial charge on any atom is 0.245 e. The van der Waals surface area contributed by atoms with Crippen LogP contribution in [0, 0.1) is 5.41 Å². The van der Waals surface area contributed by atoms with Crippen LogP contribution in [0.3, 0.4) is 0 Å². The van der Waals surface area contributed by atoms with E-state index in [0.29, 0.717) is 0 Å². The van der Waals surface area contributed by atoms with E-state index in [2.05, 4.69) is 12.6 Å². The number of hydrogen-bond acceptors (Lipinski definition) is 3. The Morgan fingerprint density at radius 3 is 2.63 bits per heavy atom. The largest absolute Gasteiger partial charge is 0.331 e. The van der Waals surface area contributed by atoms with E-state index in [1.54, 1.807) is 4.90 Å². The van der Waals surface area contributed by atoms with Crippen LogP contribution in [-0.2, 0) is 9.59 Å². The number of thiol groups is 1. The summed E-state index contributed by atoms with van der Waals surface area (Å²) in [5.74, 6) is 1.13. The molecule has 3 aliphatic rings. The third-order valence-corrected chi connectivity index (χ3v) is 5.69. The number of rotatable bonds is 3. The van der Waals surface area contributed by atoms with Gasteiger partial charge in [0.15, 0.2) is 0 Å². The summed E-state index contributed by atoms with van der Waals surface area (Å²) in [7, 11) is 0. The SMILES string of the molecule is O=C1C2CCCCN2C(=O)CN1CC1(CS)CCC1. The summed E-state index contributed by atoms with van der Waals surface area (Å²) in [5, 5.41) is 0. The Morgan fingerprint density at radius 1 is 1.21 bits per heavy atom. The molecular weight excluding hydrogens is 260 g/mol. The lowest BCUT2D eigenvalue weighted by Crippen LogP contribution is -2.63. The van der Waals surface area contributed by atoms with Gasteiger partial charge in [0.2, 0.25) is 11.8 Å². The van der Waals surface area contributed by atoms with Gasteiger partial charge in [0.1, 0.15) is 6.04 Å². The minimum Gasteiger partial charge on any atom is -0.331 e. The highest BCUT2D eigenvalue weighted by Gasteiger charge is 2.44. The molecule has 0 N–H and O–H groups in total. The number of fused-ring (bicyclic) bond motifs is 1. The molecule has 1 atom stereocenters. The van der Waals surface area contributed by atoms with E-state index in [-0.39, 0.29) is 29.8 Å². The van der Waals surface area contributed by atoms with Gasteiger partial charge < -0.3 is 9.80 Å². The Kier molecular flexibility index (Phi) is 3.50. The smallest absolute Gasteiger partial charge is 0.245 e. The molecule has 5 heteroatoms. The van der Waals surface area contributed by atoms with Crippen molar-refractivity contribution >= 4 is 24.4 Å². The van der Waals surface area contributed by atoms with Gasteiger partial charge >= 0.3 is 0 Å². The van der Waals surface area contributed by atoms with Crippen molar-refractivity contribution in [2.75, 3.05) is 25.4 Å². The van der Waals surface area contributed by atoms with E-state index in [4.69, 9.17) is 0 Å². The van der Waals surface area contributed by atoms with E-state index in [0.717, 1.165) is 50.9 Å². The number of piperazine rings is 1. The molecular formula is C14H22N2O2S. The van der Waals surface area contributed by atoms with E-state index >= 15 is 0 Å². The van der Waals surface area contributed by atoms with Gasteiger partial charge in [0.25, 0.3) is 0 Å². The first kappa shape index (κ1) is 13.3. The van der Waals surface area contributed by atoms with Crippen LogP contribution in [0.2, 0.25) is 0 Å². The highest BCUT2D eigenvalue weighted by molar-refractivity contribution is 7.80. The zero-order valence-corrected chi connectivity index (χ0v) is 12.2. The van der Waals surface area contributed by atoms with Crippen LogP contribution in [0.25, 0.3) is 0 Å². The number of nitrogens with zero attached hydrogens (tertiary/aromatic N) is 2. The molecule has 0 aromatic rings. The molecule has 0 aromatic heterocycles. The third kappa shape index (κ3) is 2.26. The average molecular weight is 282 g/mol. The zero-order valence-electron chi connectivity index (χ0n) is 11.3. The minimum atomic E-state index is -0.174. The summed E-state index contributed by atoms with van der Waals surface area (Å²) < 4.78 is 0.